The Labute approximate surface area is 866 Å². The van der Waals surface area contributed by atoms with Gasteiger partial charge in [-0.05, 0) is 104 Å². The lowest BCUT2D eigenvalue weighted by Crippen LogP contribution is -2.42. The summed E-state index contributed by atoms with van der Waals surface area (Å²) in [5.41, 5.74) is -0.0708. The summed E-state index contributed by atoms with van der Waals surface area (Å²) in [4.78, 5) is 127. The topological polar surface area (TPSA) is 551 Å². The average molecular weight is 2180 g/mol. The van der Waals surface area contributed by atoms with Crippen molar-refractivity contribution in [2.24, 2.45) is 53.3 Å². The maximum absolute atomic E-state index is 15.4. The zero-order valence-corrected chi connectivity index (χ0v) is 89.3. The largest absolute Gasteiger partial charge is 0.393 e. The van der Waals surface area contributed by atoms with E-state index in [-0.39, 0.29) is 126 Å². The van der Waals surface area contributed by atoms with Crippen LogP contribution in [0.5, 0.6) is 0 Å². The number of amides is 5. The number of carbonyl (C=O) groups is 5. The zero-order chi connectivity index (χ0) is 107. The fourth-order valence-electron chi connectivity index (χ4n) is 18.1. The summed E-state index contributed by atoms with van der Waals surface area (Å²) >= 11 is 2.26. The Bertz CT molecular complexity index is 5930. The number of carbonyl (C=O) groups excluding carboxylic acids is 5. The smallest absolute Gasteiger partial charge is 0.233 e. The van der Waals surface area contributed by atoms with E-state index in [0.29, 0.717) is 127 Å². The molecule has 148 heavy (non-hydrogen) atoms. The third kappa shape index (κ3) is 22.6. The van der Waals surface area contributed by atoms with Crippen LogP contribution in [-0.2, 0) is 47.7 Å². The van der Waals surface area contributed by atoms with Crippen molar-refractivity contribution in [1.29, 1.82) is 0 Å². The van der Waals surface area contributed by atoms with E-state index in [1.165, 1.54) is 39.6 Å². The van der Waals surface area contributed by atoms with E-state index in [1.54, 1.807) is 105 Å². The van der Waals surface area contributed by atoms with Crippen molar-refractivity contribution >= 4 is 167 Å². The summed E-state index contributed by atoms with van der Waals surface area (Å²) in [5, 5.41) is 69.6. The number of hydrogen-bond donors (Lipinski definition) is 14. The predicted octanol–water partition coefficient (Wildman–Crippen LogP) is 14.0. The van der Waals surface area contributed by atoms with E-state index in [2.05, 4.69) is 151 Å². The molecule has 10 aliphatic rings. The summed E-state index contributed by atoms with van der Waals surface area (Å²) in [6.07, 6.45) is 6.97. The maximum Gasteiger partial charge on any atom is 0.233 e. The van der Waals surface area contributed by atoms with Crippen molar-refractivity contribution in [2.75, 3.05) is 77.4 Å². The summed E-state index contributed by atoms with van der Waals surface area (Å²) in [5.74, 6) is -0.460. The first-order valence-electron chi connectivity index (χ1n) is 51.6. The Hall–Kier alpha value is -10.9. The summed E-state index contributed by atoms with van der Waals surface area (Å²) < 4.78 is 114. The van der Waals surface area contributed by atoms with Crippen LogP contribution < -0.4 is 53.2 Å². The summed E-state index contributed by atoms with van der Waals surface area (Å²) in [6.45, 7) is 35.1. The number of rotatable bonds is 33. The molecule has 10 aromatic heterocycles. The van der Waals surface area contributed by atoms with Crippen molar-refractivity contribution in [2.45, 2.75) is 355 Å². The number of imidazole rings is 5. The molecular formula is C98H140F5IN30O14. The third-order valence-electron chi connectivity index (χ3n) is 29.9. The fourth-order valence-corrected chi connectivity index (χ4v) is 19.5. The highest BCUT2D eigenvalue weighted by atomic mass is 127. The van der Waals surface area contributed by atoms with E-state index in [1.807, 2.05) is 48.5 Å². The molecule has 0 bridgehead atoms. The van der Waals surface area contributed by atoms with Gasteiger partial charge in [0.05, 0.1) is 73.9 Å². The van der Waals surface area contributed by atoms with Gasteiger partial charge in [-0.25, -0.2) is 46.9 Å². The molecule has 10 aromatic rings. The van der Waals surface area contributed by atoms with Crippen LogP contribution in [0.2, 0.25) is 0 Å². The SMILES string of the molecule is CC(C)C(=O)Nc1nc(NC2CC2)c2ncn([C@@H]3O[C@](C)(CO)[C@@H](O)[C@H]3F)c2n1.CC[C@@]1(C)O[C@@H](n2cnc3c(NC4CC4)nc(NC(=O)C(C)C)nc32)[C@H](F)[C@@H]1C.CC[C@@]1(CI)O[C@@H](n2cnc3c(NC4CC4)nc(NC(=O)C(C)C)nc32)[C@H](F)[C@@H]1C.CC[C@@]1(CO)O[C@@H](n2cnc3c(NC4CC4)nc(NC(=O)C(C)C)nc32)[C@H](F)[C@@H]1C.CC[C@]1(CO)O[C@@H](n2cnc3c(NC4CC4)nc(NC(=O)C(C)C)nc32)[C@H](F)[C@@H]1C. The summed E-state index contributed by atoms with van der Waals surface area (Å²) in [7, 11) is 0. The van der Waals surface area contributed by atoms with Crippen LogP contribution in [0.3, 0.4) is 0 Å². The highest BCUT2D eigenvalue weighted by molar-refractivity contribution is 14.1. The number of halogens is 6. The number of aromatic nitrogens is 20. The molecule has 5 aliphatic heterocycles. The highest BCUT2D eigenvalue weighted by Crippen LogP contribution is 2.53. The molecule has 15 heterocycles. The zero-order valence-electron chi connectivity index (χ0n) is 87.1. The second-order valence-electron chi connectivity index (χ2n) is 42.6. The minimum absolute atomic E-state index is 0.0694. The Morgan fingerprint density at radius 1 is 0.338 bits per heavy atom. The Kier molecular flexibility index (Phi) is 32.8. The first-order chi connectivity index (χ1) is 70.3. The van der Waals surface area contributed by atoms with E-state index in [9.17, 15) is 48.8 Å². The van der Waals surface area contributed by atoms with E-state index >= 15 is 17.6 Å². The molecule has 20 rings (SSSR count). The van der Waals surface area contributed by atoms with Crippen molar-refractivity contribution in [3.05, 3.63) is 31.6 Å². The number of alkyl halides is 6. The second kappa shape index (κ2) is 44.2. The monoisotopic (exact) mass is 2180 g/mol. The number of nitrogens with zero attached hydrogens (tertiary/aromatic N) is 20. The Balaban J connectivity index is 0.000000132. The van der Waals surface area contributed by atoms with Crippen molar-refractivity contribution in [3.8, 4) is 0 Å². The van der Waals surface area contributed by atoms with Gasteiger partial charge in [-0.15, -0.1) is 0 Å². The van der Waals surface area contributed by atoms with Crippen LogP contribution >= 0.6 is 22.6 Å². The maximum atomic E-state index is 15.4. The van der Waals surface area contributed by atoms with E-state index < -0.39 is 115 Å². The van der Waals surface area contributed by atoms with Crippen LogP contribution in [0.1, 0.15) is 260 Å². The highest BCUT2D eigenvalue weighted by Gasteiger charge is 2.58. The fraction of sp³-hybridized carbons (Fsp3) is 0.694. The van der Waals surface area contributed by atoms with Crippen molar-refractivity contribution in [3.63, 3.8) is 0 Å². The Morgan fingerprint density at radius 3 is 0.736 bits per heavy atom. The number of fused-ring (bicyclic) bond motifs is 5. The van der Waals surface area contributed by atoms with Gasteiger partial charge < -0.3 is 70.7 Å². The van der Waals surface area contributed by atoms with E-state index in [0.717, 1.165) is 70.6 Å². The Morgan fingerprint density at radius 2 is 0.554 bits per heavy atom. The normalized spacial score (nSPS) is 29.2. The van der Waals surface area contributed by atoms with Crippen LogP contribution in [-0.4, -0.2) is 267 Å². The lowest BCUT2D eigenvalue weighted by Gasteiger charge is -2.29. The first-order valence-corrected chi connectivity index (χ1v) is 53.1. The van der Waals surface area contributed by atoms with Crippen LogP contribution in [0.4, 0.5) is 80.8 Å². The van der Waals surface area contributed by atoms with Crippen LogP contribution in [0.25, 0.3) is 55.8 Å². The molecule has 5 aliphatic carbocycles. The second-order valence-corrected chi connectivity index (χ2v) is 43.4. The number of aliphatic hydroxyl groups is 4. The molecule has 808 valence electrons. The van der Waals surface area contributed by atoms with E-state index in [4.69, 9.17) is 23.7 Å². The number of hydrogen-bond acceptors (Lipinski definition) is 34. The quantitative estimate of drug-likeness (QED) is 0.0103. The minimum atomic E-state index is -1.80. The molecule has 0 unspecified atom stereocenters. The molecule has 10 fully saturated rings. The third-order valence-corrected chi connectivity index (χ3v) is 31.2. The summed E-state index contributed by atoms with van der Waals surface area (Å²) in [6, 6.07) is 1.56. The molecule has 14 N–H and O–H groups in total. The lowest BCUT2D eigenvalue weighted by molar-refractivity contribution is -0.119. The van der Waals surface area contributed by atoms with Gasteiger partial charge >= 0.3 is 0 Å². The van der Waals surface area contributed by atoms with Crippen LogP contribution in [0.15, 0.2) is 31.6 Å². The first kappa shape index (κ1) is 110. The van der Waals surface area contributed by atoms with Crippen LogP contribution in [0, 0.1) is 53.3 Å². The van der Waals surface area contributed by atoms with Gasteiger partial charge in [0.2, 0.25) is 59.3 Å². The molecule has 5 saturated heterocycles. The van der Waals surface area contributed by atoms with Crippen molar-refractivity contribution in [1.82, 2.24) is 97.6 Å². The molecule has 44 nitrogen and oxygen atoms in total. The van der Waals surface area contributed by atoms with Gasteiger partial charge in [0.25, 0.3) is 0 Å². The average Bonchev–Trinajstić information content (AvgIpc) is 1.58. The standard InChI is InChI=1S/C20H28FIN6O2.2C20H29FN6O3.C20H29FN6O2.C18H25FN6O4/c1-5-20(8-22)11(4)13(21)18(30-20)28-9-23-14-15(24-12-6-7-12)25-19(26-16(14)28)27-17(29)10(2)3;2*1-5-20(8-28)11(4)13(21)18(30-20)27-9-22-14-15(23-12-6-7-12)24-19(25-16(14)27)26-17(29)10(2)3;1-6-20(5)11(4)13(21)18(29-20)27-9-22-14-15(23-12-7-8-12)24-19(25-16(14)27)26-17(28)10(2)3;1-8(2)15(28)24-17-22-13(21-9-4-5-9)11-14(23-17)25(7-20-11)16-10(19)12(27)18(3,6-26)29-16/h9-13,18H,5-8H2,1-4H3,(H2,24,25,26,27,29);2*9-13,18,28H,5-8H2,1-4H3,(H2,23,24,25,26,29);9-13,18H,6-8H2,1-5H3,(H2,23,24,25,26,28);7-10,12,16,26-27H,4-6H2,1-3H3,(H2,21,22,23,24,28)/t11-,13+,18+,20-;11-,13+,18+,20+;11-,13+,18+,20-;11-,13+,18+,20+;10-,12+,16-,18-/m00001/s1. The van der Waals surface area contributed by atoms with Gasteiger partial charge in [-0.2, -0.15) is 49.8 Å². The van der Waals surface area contributed by atoms with Gasteiger partial charge in [0.1, 0.15) is 11.7 Å². The number of ether oxygens (including phenoxy) is 5. The molecule has 5 saturated carbocycles. The number of anilines is 10. The molecular weight excluding hydrogens is 2040 g/mol. The predicted molar refractivity (Wildman–Crippen MR) is 551 cm³/mol. The molecule has 5 amide bonds. The van der Waals surface area contributed by atoms with Gasteiger partial charge in [0.15, 0.2) is 147 Å². The number of nitrogens with one attached hydrogen (secondary N) is 10. The minimum Gasteiger partial charge on any atom is -0.393 e. The molecule has 0 aromatic carbocycles. The molecule has 20 atom stereocenters. The van der Waals surface area contributed by atoms with Gasteiger partial charge in [-0.1, -0.05) is 147 Å². The molecule has 0 spiro atoms. The van der Waals surface area contributed by atoms with Crippen molar-refractivity contribution < 1.29 is 90.0 Å². The number of aliphatic hydroxyl groups excluding tert-OH is 4. The lowest BCUT2D eigenvalue weighted by atomic mass is 9.86. The van der Waals surface area contributed by atoms with Gasteiger partial charge in [0, 0.05) is 87.9 Å². The molecule has 0 radical (unpaired) electrons. The van der Waals surface area contributed by atoms with Gasteiger partial charge in [-0.3, -0.25) is 73.4 Å². The molecule has 50 heteroatoms.